The summed E-state index contributed by atoms with van der Waals surface area (Å²) in [5, 5.41) is 9.40. The van der Waals surface area contributed by atoms with E-state index in [1.165, 1.54) is 18.3 Å². The lowest BCUT2D eigenvalue weighted by molar-refractivity contribution is -0.121. The van der Waals surface area contributed by atoms with Crippen molar-refractivity contribution in [1.82, 2.24) is 10.3 Å². The van der Waals surface area contributed by atoms with Crippen molar-refractivity contribution in [2.75, 3.05) is 10.6 Å². The molecule has 3 aromatic rings. The molecular formula is C28H27Cl2FN4O3. The van der Waals surface area contributed by atoms with E-state index in [1.807, 2.05) is 0 Å². The number of rotatable bonds is 4. The van der Waals surface area contributed by atoms with Gasteiger partial charge in [0.25, 0.3) is 0 Å². The number of pyridine rings is 1. The lowest BCUT2D eigenvalue weighted by Gasteiger charge is -2.34. The number of hydrogen-bond donors (Lipinski definition) is 4. The van der Waals surface area contributed by atoms with E-state index in [4.69, 9.17) is 23.2 Å². The number of carbonyl (C=O) groups is 2. The van der Waals surface area contributed by atoms with Crippen LogP contribution >= 0.6 is 23.2 Å². The molecule has 2 aliphatic rings. The molecule has 5 rings (SSSR count). The van der Waals surface area contributed by atoms with E-state index in [2.05, 4.69) is 41.7 Å². The second-order valence-electron chi connectivity index (χ2n) is 11.1. The van der Waals surface area contributed by atoms with E-state index < -0.39 is 23.3 Å². The molecule has 0 radical (unpaired) electrons. The van der Waals surface area contributed by atoms with E-state index in [0.29, 0.717) is 33.9 Å². The molecule has 198 valence electrons. The Morgan fingerprint density at radius 2 is 1.89 bits per heavy atom. The molecular weight excluding hydrogens is 530 g/mol. The molecule has 0 saturated carbocycles. The van der Waals surface area contributed by atoms with Crippen molar-refractivity contribution < 1.29 is 14.0 Å². The smallest absolute Gasteiger partial charge is 0.249 e. The highest BCUT2D eigenvalue weighted by Gasteiger charge is 2.60. The van der Waals surface area contributed by atoms with Crippen LogP contribution < -0.4 is 21.5 Å². The summed E-state index contributed by atoms with van der Waals surface area (Å²) in [4.78, 5) is 41.5. The van der Waals surface area contributed by atoms with Gasteiger partial charge in [0.2, 0.25) is 17.4 Å². The summed E-state index contributed by atoms with van der Waals surface area (Å²) >= 11 is 12.5. The van der Waals surface area contributed by atoms with Crippen LogP contribution in [0.15, 0.2) is 53.5 Å². The second-order valence-corrected chi connectivity index (χ2v) is 11.9. The SMILES string of the molecule is CC(C)(C)C[C@@H]1N[C@@H](C(=O)Nc2cc[nH]c(=O)c2)C[C@]12C(=O)Nc1cc(Cl)cc(-c3cccc(Cl)c3F)c12. The van der Waals surface area contributed by atoms with Crippen LogP contribution in [0.3, 0.4) is 0 Å². The Hall–Kier alpha value is -3.20. The molecule has 38 heavy (non-hydrogen) atoms. The molecule has 2 aliphatic heterocycles. The van der Waals surface area contributed by atoms with Crippen molar-refractivity contribution in [2.24, 2.45) is 5.41 Å². The van der Waals surface area contributed by atoms with Gasteiger partial charge in [-0.05, 0) is 48.1 Å². The fourth-order valence-electron chi connectivity index (χ4n) is 5.66. The molecule has 3 atom stereocenters. The average molecular weight is 557 g/mol. The molecule has 1 fully saturated rings. The van der Waals surface area contributed by atoms with Crippen molar-refractivity contribution in [3.63, 3.8) is 0 Å². The normalized spacial score (nSPS) is 22.4. The fourth-order valence-corrected chi connectivity index (χ4v) is 6.05. The predicted molar refractivity (Wildman–Crippen MR) is 147 cm³/mol. The summed E-state index contributed by atoms with van der Waals surface area (Å²) in [7, 11) is 0. The highest BCUT2D eigenvalue weighted by Crippen LogP contribution is 2.54. The average Bonchev–Trinajstić information content (AvgIpc) is 3.32. The Morgan fingerprint density at radius 3 is 2.61 bits per heavy atom. The summed E-state index contributed by atoms with van der Waals surface area (Å²) in [5.41, 5.74) is 0.333. The van der Waals surface area contributed by atoms with Crippen molar-refractivity contribution >= 4 is 46.4 Å². The van der Waals surface area contributed by atoms with Gasteiger partial charge in [0.05, 0.1) is 16.5 Å². The molecule has 2 aromatic carbocycles. The predicted octanol–water partition coefficient (Wildman–Crippen LogP) is 5.48. The van der Waals surface area contributed by atoms with Crippen LogP contribution in [0.25, 0.3) is 11.1 Å². The first-order valence-corrected chi connectivity index (χ1v) is 13.0. The van der Waals surface area contributed by atoms with Gasteiger partial charge in [0.15, 0.2) is 0 Å². The van der Waals surface area contributed by atoms with Crippen molar-refractivity contribution in [1.29, 1.82) is 0 Å². The topological polar surface area (TPSA) is 103 Å². The van der Waals surface area contributed by atoms with E-state index in [0.717, 1.165) is 0 Å². The summed E-state index contributed by atoms with van der Waals surface area (Å²) in [6.07, 6.45) is 2.12. The lowest BCUT2D eigenvalue weighted by atomic mass is 9.68. The Labute approximate surface area is 229 Å². The summed E-state index contributed by atoms with van der Waals surface area (Å²) < 4.78 is 15.3. The third kappa shape index (κ3) is 4.61. The third-order valence-corrected chi connectivity index (χ3v) is 7.65. The lowest BCUT2D eigenvalue weighted by Crippen LogP contribution is -2.48. The van der Waals surface area contributed by atoms with Crippen LogP contribution in [0, 0.1) is 11.2 Å². The summed E-state index contributed by atoms with van der Waals surface area (Å²) in [6, 6.07) is 9.63. The number of fused-ring (bicyclic) bond motifs is 2. The molecule has 1 spiro atoms. The van der Waals surface area contributed by atoms with Gasteiger partial charge in [-0.3, -0.25) is 14.4 Å². The van der Waals surface area contributed by atoms with Crippen LogP contribution in [0.1, 0.15) is 39.2 Å². The first kappa shape index (κ1) is 26.4. The maximum atomic E-state index is 15.3. The molecule has 1 saturated heterocycles. The number of aromatic amines is 1. The van der Waals surface area contributed by atoms with Gasteiger partial charge >= 0.3 is 0 Å². The van der Waals surface area contributed by atoms with Gasteiger partial charge in [-0.2, -0.15) is 0 Å². The minimum absolute atomic E-state index is 0.0477. The number of aromatic nitrogens is 1. The minimum Gasteiger partial charge on any atom is -0.329 e. The third-order valence-electron chi connectivity index (χ3n) is 7.14. The zero-order valence-electron chi connectivity index (χ0n) is 21.0. The standard InChI is InChI=1S/C28H27Cl2FN4O3/c1-27(2,3)13-21-28(12-20(34-21)25(37)33-15-7-8-32-22(36)11-15)23-17(16-5-4-6-18(30)24(16)31)9-14(29)10-19(23)35-26(28)38/h4-11,20-21,34H,12-13H2,1-3H3,(H,35,38)(H2,32,33,36,37)/t20-,21+,28+/m1/s1. The molecule has 2 amide bonds. The summed E-state index contributed by atoms with van der Waals surface area (Å²) in [5.74, 6) is -1.28. The number of amides is 2. The molecule has 0 unspecified atom stereocenters. The van der Waals surface area contributed by atoms with Crippen LogP contribution in [0.2, 0.25) is 10.0 Å². The first-order chi connectivity index (χ1) is 17.9. The monoisotopic (exact) mass is 556 g/mol. The Morgan fingerprint density at radius 1 is 1.13 bits per heavy atom. The Kier molecular flexibility index (Phi) is 6.62. The van der Waals surface area contributed by atoms with Crippen LogP contribution in [-0.4, -0.2) is 28.9 Å². The molecule has 4 N–H and O–H groups in total. The molecule has 0 aliphatic carbocycles. The fraction of sp³-hybridized carbons (Fsp3) is 0.321. The first-order valence-electron chi connectivity index (χ1n) is 12.2. The van der Waals surface area contributed by atoms with E-state index >= 15 is 4.39 Å². The summed E-state index contributed by atoms with van der Waals surface area (Å²) in [6.45, 7) is 6.16. The molecule has 7 nitrogen and oxygen atoms in total. The van der Waals surface area contributed by atoms with Gasteiger partial charge < -0.3 is 20.9 Å². The van der Waals surface area contributed by atoms with Crippen molar-refractivity contribution in [2.45, 2.75) is 51.1 Å². The number of H-pyrrole nitrogens is 1. The number of hydrogen-bond acceptors (Lipinski definition) is 4. The van der Waals surface area contributed by atoms with Crippen molar-refractivity contribution in [3.8, 4) is 11.1 Å². The van der Waals surface area contributed by atoms with Gasteiger partial charge in [-0.15, -0.1) is 0 Å². The number of halogens is 3. The van der Waals surface area contributed by atoms with E-state index in [1.54, 1.807) is 30.3 Å². The van der Waals surface area contributed by atoms with Crippen LogP contribution in [0.5, 0.6) is 0 Å². The molecule has 0 bridgehead atoms. The minimum atomic E-state index is -1.19. The van der Waals surface area contributed by atoms with Gasteiger partial charge in [0.1, 0.15) is 5.82 Å². The quantitative estimate of drug-likeness (QED) is 0.341. The second kappa shape index (κ2) is 9.52. The maximum absolute atomic E-state index is 15.3. The zero-order valence-corrected chi connectivity index (χ0v) is 22.6. The molecule has 1 aromatic heterocycles. The molecule has 3 heterocycles. The maximum Gasteiger partial charge on any atom is 0.249 e. The highest BCUT2D eigenvalue weighted by atomic mass is 35.5. The van der Waals surface area contributed by atoms with Crippen LogP contribution in [0.4, 0.5) is 15.8 Å². The number of carbonyl (C=O) groups excluding carboxylic acids is 2. The van der Waals surface area contributed by atoms with Crippen molar-refractivity contribution in [3.05, 3.63) is 80.4 Å². The number of anilines is 2. The van der Waals surface area contributed by atoms with Crippen LogP contribution in [-0.2, 0) is 15.0 Å². The highest BCUT2D eigenvalue weighted by molar-refractivity contribution is 6.32. The Balaban J connectivity index is 1.65. The number of nitrogens with one attached hydrogen (secondary N) is 4. The largest absolute Gasteiger partial charge is 0.329 e. The number of benzene rings is 2. The van der Waals surface area contributed by atoms with E-state index in [-0.39, 0.29) is 39.8 Å². The van der Waals surface area contributed by atoms with Gasteiger partial charge in [-0.1, -0.05) is 56.1 Å². The van der Waals surface area contributed by atoms with Gasteiger partial charge in [0, 0.05) is 45.8 Å². The molecule has 10 heteroatoms. The zero-order chi connectivity index (χ0) is 27.4. The Bertz CT molecular complexity index is 1520. The van der Waals surface area contributed by atoms with E-state index in [9.17, 15) is 14.4 Å². The van der Waals surface area contributed by atoms with Gasteiger partial charge in [-0.25, -0.2) is 4.39 Å².